The highest BCUT2D eigenvalue weighted by molar-refractivity contribution is 5.85. The molecule has 0 fully saturated rings. The van der Waals surface area contributed by atoms with E-state index in [0.717, 1.165) is 5.56 Å². The highest BCUT2D eigenvalue weighted by Crippen LogP contribution is 2.02. The first-order valence-electron chi connectivity index (χ1n) is 5.80. The van der Waals surface area contributed by atoms with E-state index in [-0.39, 0.29) is 24.9 Å². The summed E-state index contributed by atoms with van der Waals surface area (Å²) in [5.41, 5.74) is 6.15. The van der Waals surface area contributed by atoms with Crippen LogP contribution in [0.2, 0.25) is 0 Å². The van der Waals surface area contributed by atoms with E-state index in [4.69, 9.17) is 5.73 Å². The summed E-state index contributed by atoms with van der Waals surface area (Å²) in [6.07, 6.45) is 3.37. The Morgan fingerprint density at radius 1 is 1.39 bits per heavy atom. The minimum absolute atomic E-state index is 0.0189. The van der Waals surface area contributed by atoms with Crippen molar-refractivity contribution in [3.05, 3.63) is 30.1 Å². The van der Waals surface area contributed by atoms with Crippen LogP contribution in [0.3, 0.4) is 0 Å². The Hall–Kier alpha value is -1.95. The minimum Gasteiger partial charge on any atom is -0.346 e. The molecule has 0 atom stereocenters. The Balaban J connectivity index is 2.50. The molecule has 6 heteroatoms. The standard InChI is InChI=1S/C12H18N4O2/c1-2-16(9-10-3-5-14-6-4-10)12(18)8-15-11(17)7-13/h3-6H,2,7-9,13H2,1H3,(H,15,17). The number of carbonyl (C=O) groups is 2. The van der Waals surface area contributed by atoms with Gasteiger partial charge in [0, 0.05) is 25.5 Å². The highest BCUT2D eigenvalue weighted by atomic mass is 16.2. The van der Waals surface area contributed by atoms with Crippen LogP contribution >= 0.6 is 0 Å². The van der Waals surface area contributed by atoms with Crippen LogP contribution in [-0.4, -0.2) is 41.3 Å². The first-order chi connectivity index (χ1) is 8.67. The summed E-state index contributed by atoms with van der Waals surface area (Å²) in [5, 5.41) is 2.47. The van der Waals surface area contributed by atoms with E-state index < -0.39 is 0 Å². The summed E-state index contributed by atoms with van der Waals surface area (Å²) in [6.45, 7) is 2.86. The van der Waals surface area contributed by atoms with E-state index >= 15 is 0 Å². The number of nitrogens with zero attached hydrogens (tertiary/aromatic N) is 2. The number of hydrogen-bond acceptors (Lipinski definition) is 4. The van der Waals surface area contributed by atoms with Crippen LogP contribution in [-0.2, 0) is 16.1 Å². The molecule has 0 aliphatic rings. The second kappa shape index (κ2) is 7.39. The molecule has 1 aromatic heterocycles. The highest BCUT2D eigenvalue weighted by Gasteiger charge is 2.12. The van der Waals surface area contributed by atoms with Gasteiger partial charge in [-0.25, -0.2) is 0 Å². The Kier molecular flexibility index (Phi) is 5.79. The summed E-state index contributed by atoms with van der Waals surface area (Å²) >= 11 is 0. The van der Waals surface area contributed by atoms with Gasteiger partial charge in [0.1, 0.15) is 0 Å². The summed E-state index contributed by atoms with van der Waals surface area (Å²) in [6, 6.07) is 3.71. The van der Waals surface area contributed by atoms with Crippen molar-refractivity contribution in [1.82, 2.24) is 15.2 Å². The summed E-state index contributed by atoms with van der Waals surface area (Å²) < 4.78 is 0. The van der Waals surface area contributed by atoms with Gasteiger partial charge in [0.15, 0.2) is 0 Å². The van der Waals surface area contributed by atoms with Crippen molar-refractivity contribution >= 4 is 11.8 Å². The van der Waals surface area contributed by atoms with Crippen LogP contribution in [0.5, 0.6) is 0 Å². The lowest BCUT2D eigenvalue weighted by Gasteiger charge is -2.21. The van der Waals surface area contributed by atoms with Crippen LogP contribution in [0.4, 0.5) is 0 Å². The quantitative estimate of drug-likeness (QED) is 0.712. The lowest BCUT2D eigenvalue weighted by atomic mass is 10.2. The largest absolute Gasteiger partial charge is 0.346 e. The normalized spacial score (nSPS) is 9.89. The third-order valence-corrected chi connectivity index (χ3v) is 2.48. The van der Waals surface area contributed by atoms with Crippen molar-refractivity contribution in [3.8, 4) is 0 Å². The molecule has 2 amide bonds. The molecule has 0 unspecified atom stereocenters. The smallest absolute Gasteiger partial charge is 0.242 e. The first-order valence-corrected chi connectivity index (χ1v) is 5.80. The number of nitrogens with two attached hydrogens (primary N) is 1. The Labute approximate surface area is 106 Å². The monoisotopic (exact) mass is 250 g/mol. The fourth-order valence-corrected chi connectivity index (χ4v) is 1.44. The number of pyridine rings is 1. The Morgan fingerprint density at radius 2 is 2.06 bits per heavy atom. The van der Waals surface area contributed by atoms with Crippen molar-refractivity contribution in [3.63, 3.8) is 0 Å². The van der Waals surface area contributed by atoms with E-state index in [1.165, 1.54) is 0 Å². The molecule has 0 bridgehead atoms. The topological polar surface area (TPSA) is 88.3 Å². The number of hydrogen-bond donors (Lipinski definition) is 2. The van der Waals surface area contributed by atoms with Gasteiger partial charge >= 0.3 is 0 Å². The molecular weight excluding hydrogens is 232 g/mol. The van der Waals surface area contributed by atoms with E-state index in [0.29, 0.717) is 13.1 Å². The van der Waals surface area contributed by atoms with Gasteiger partial charge in [0.2, 0.25) is 11.8 Å². The summed E-state index contributed by atoms with van der Waals surface area (Å²) in [7, 11) is 0. The number of amides is 2. The average Bonchev–Trinajstić information content (AvgIpc) is 2.42. The molecule has 3 N–H and O–H groups in total. The van der Waals surface area contributed by atoms with Gasteiger partial charge in [0.25, 0.3) is 0 Å². The van der Waals surface area contributed by atoms with Crippen molar-refractivity contribution in [1.29, 1.82) is 0 Å². The Bertz CT molecular complexity index is 394. The zero-order valence-corrected chi connectivity index (χ0v) is 10.4. The molecule has 1 aromatic rings. The van der Waals surface area contributed by atoms with Gasteiger partial charge in [-0.05, 0) is 24.6 Å². The first kappa shape index (κ1) is 14.1. The van der Waals surface area contributed by atoms with Gasteiger partial charge in [-0.15, -0.1) is 0 Å². The van der Waals surface area contributed by atoms with Crippen molar-refractivity contribution in [2.75, 3.05) is 19.6 Å². The lowest BCUT2D eigenvalue weighted by molar-refractivity contribution is -0.132. The van der Waals surface area contributed by atoms with Crippen molar-refractivity contribution in [2.24, 2.45) is 5.73 Å². The number of aromatic nitrogens is 1. The molecule has 0 spiro atoms. The van der Waals surface area contributed by atoms with Crippen LogP contribution in [0, 0.1) is 0 Å². The molecule has 0 aliphatic carbocycles. The average molecular weight is 250 g/mol. The molecule has 0 aliphatic heterocycles. The van der Waals surface area contributed by atoms with Gasteiger partial charge in [0.05, 0.1) is 13.1 Å². The van der Waals surface area contributed by atoms with Gasteiger partial charge in [-0.3, -0.25) is 14.6 Å². The number of nitrogens with one attached hydrogen (secondary N) is 1. The molecule has 1 heterocycles. The molecule has 6 nitrogen and oxygen atoms in total. The maximum atomic E-state index is 11.9. The molecule has 0 saturated heterocycles. The third-order valence-electron chi connectivity index (χ3n) is 2.48. The zero-order valence-electron chi connectivity index (χ0n) is 10.4. The number of carbonyl (C=O) groups excluding carboxylic acids is 2. The third kappa shape index (κ3) is 4.50. The number of rotatable bonds is 6. The van der Waals surface area contributed by atoms with Crippen molar-refractivity contribution in [2.45, 2.75) is 13.5 Å². The molecule has 0 aromatic carbocycles. The lowest BCUT2D eigenvalue weighted by Crippen LogP contribution is -2.41. The van der Waals surface area contributed by atoms with E-state index in [9.17, 15) is 9.59 Å². The van der Waals surface area contributed by atoms with E-state index in [2.05, 4.69) is 10.3 Å². The van der Waals surface area contributed by atoms with Crippen LogP contribution in [0.15, 0.2) is 24.5 Å². The molecular formula is C12H18N4O2. The predicted molar refractivity (Wildman–Crippen MR) is 67.4 cm³/mol. The molecule has 1 rings (SSSR count). The maximum Gasteiger partial charge on any atom is 0.242 e. The molecule has 0 radical (unpaired) electrons. The van der Waals surface area contributed by atoms with Crippen LogP contribution in [0.25, 0.3) is 0 Å². The summed E-state index contributed by atoms with van der Waals surface area (Å²) in [5.74, 6) is -0.459. The second-order valence-corrected chi connectivity index (χ2v) is 3.74. The predicted octanol–water partition coefficient (Wildman–Crippen LogP) is -0.495. The minimum atomic E-state index is -0.330. The van der Waals surface area contributed by atoms with E-state index in [1.807, 2.05) is 19.1 Å². The van der Waals surface area contributed by atoms with Gasteiger partial charge in [-0.2, -0.15) is 0 Å². The molecule has 0 saturated carbocycles. The summed E-state index contributed by atoms with van der Waals surface area (Å²) in [4.78, 5) is 28.4. The maximum absolute atomic E-state index is 11.9. The number of likely N-dealkylation sites (N-methyl/N-ethyl adjacent to an activating group) is 1. The van der Waals surface area contributed by atoms with E-state index in [1.54, 1.807) is 17.3 Å². The molecule has 98 valence electrons. The van der Waals surface area contributed by atoms with Gasteiger partial charge < -0.3 is 16.0 Å². The second-order valence-electron chi connectivity index (χ2n) is 3.74. The van der Waals surface area contributed by atoms with Crippen LogP contribution < -0.4 is 11.1 Å². The van der Waals surface area contributed by atoms with Crippen molar-refractivity contribution < 1.29 is 9.59 Å². The SMILES string of the molecule is CCN(Cc1ccncc1)C(=O)CNC(=O)CN. The van der Waals surface area contributed by atoms with Crippen LogP contribution in [0.1, 0.15) is 12.5 Å². The fraction of sp³-hybridized carbons (Fsp3) is 0.417. The Morgan fingerprint density at radius 3 is 2.61 bits per heavy atom. The molecule has 18 heavy (non-hydrogen) atoms. The fourth-order valence-electron chi connectivity index (χ4n) is 1.44. The zero-order chi connectivity index (χ0) is 13.4. The van der Waals surface area contributed by atoms with Gasteiger partial charge in [-0.1, -0.05) is 0 Å².